The van der Waals surface area contributed by atoms with Gasteiger partial charge in [-0.05, 0) is 24.3 Å². The number of nitrogens with zero attached hydrogens (tertiary/aromatic N) is 2. The molecule has 0 radical (unpaired) electrons. The van der Waals surface area contributed by atoms with Crippen molar-refractivity contribution in [2.24, 2.45) is 0 Å². The lowest BCUT2D eigenvalue weighted by Crippen LogP contribution is -2.13. The van der Waals surface area contributed by atoms with E-state index in [4.69, 9.17) is 23.2 Å². The number of aromatic amines is 1. The highest BCUT2D eigenvalue weighted by molar-refractivity contribution is 7.92. The fourth-order valence-electron chi connectivity index (χ4n) is 1.77. The third-order valence-corrected chi connectivity index (χ3v) is 4.81. The Morgan fingerprint density at radius 3 is 2.71 bits per heavy atom. The molecule has 0 fully saturated rings. The van der Waals surface area contributed by atoms with Gasteiger partial charge in [-0.2, -0.15) is 5.10 Å². The average molecular weight is 343 g/mol. The molecule has 6 nitrogen and oxygen atoms in total. The first-order valence-corrected chi connectivity index (χ1v) is 7.96. The molecule has 0 saturated heterocycles. The molecule has 0 atom stereocenters. The molecule has 0 saturated carbocycles. The molecule has 3 aromatic rings. The van der Waals surface area contributed by atoms with Crippen molar-refractivity contribution in [2.75, 3.05) is 4.72 Å². The van der Waals surface area contributed by atoms with Crippen LogP contribution in [0.3, 0.4) is 0 Å². The summed E-state index contributed by atoms with van der Waals surface area (Å²) in [6, 6.07) is 6.27. The molecule has 0 spiro atoms. The summed E-state index contributed by atoms with van der Waals surface area (Å²) in [6.07, 6.45) is 2.75. The number of rotatable bonds is 3. The van der Waals surface area contributed by atoms with Gasteiger partial charge in [0, 0.05) is 17.3 Å². The van der Waals surface area contributed by atoms with E-state index in [1.807, 2.05) is 0 Å². The van der Waals surface area contributed by atoms with Gasteiger partial charge in [0.15, 0.2) is 0 Å². The van der Waals surface area contributed by atoms with Crippen molar-refractivity contribution in [2.45, 2.75) is 4.90 Å². The molecule has 108 valence electrons. The molecule has 3 rings (SSSR count). The second kappa shape index (κ2) is 5.18. The second-order valence-corrected chi connectivity index (χ2v) is 6.67. The molecule has 2 N–H and O–H groups in total. The molecular weight excluding hydrogens is 335 g/mol. The largest absolute Gasteiger partial charge is 0.280 e. The van der Waals surface area contributed by atoms with E-state index in [-0.39, 0.29) is 15.1 Å². The first-order chi connectivity index (χ1) is 9.95. The van der Waals surface area contributed by atoms with Gasteiger partial charge in [0.25, 0.3) is 10.0 Å². The van der Waals surface area contributed by atoms with Crippen LogP contribution in [0, 0.1) is 0 Å². The fourth-order valence-corrected chi connectivity index (χ4v) is 3.12. The zero-order valence-electron chi connectivity index (χ0n) is 10.3. The van der Waals surface area contributed by atoms with Crippen LogP contribution in [0.5, 0.6) is 0 Å². The van der Waals surface area contributed by atoms with E-state index in [0.717, 1.165) is 17.1 Å². The number of sulfonamides is 1. The Morgan fingerprint density at radius 2 is 1.95 bits per heavy atom. The quantitative estimate of drug-likeness (QED) is 0.716. The van der Waals surface area contributed by atoms with Gasteiger partial charge in [-0.15, -0.1) is 0 Å². The lowest BCUT2D eigenvalue weighted by molar-refractivity contribution is 0.601. The molecule has 21 heavy (non-hydrogen) atoms. The Hall–Kier alpha value is -1.83. The maximum atomic E-state index is 12.3. The van der Waals surface area contributed by atoms with E-state index >= 15 is 0 Å². The maximum Gasteiger partial charge on any atom is 0.263 e. The van der Waals surface area contributed by atoms with Crippen molar-refractivity contribution in [1.29, 1.82) is 0 Å². The number of hydrogen-bond donors (Lipinski definition) is 2. The van der Waals surface area contributed by atoms with Crippen LogP contribution in [-0.2, 0) is 10.0 Å². The minimum atomic E-state index is -3.79. The number of aromatic nitrogens is 3. The normalized spacial score (nSPS) is 11.7. The topological polar surface area (TPSA) is 87.7 Å². The molecule has 9 heteroatoms. The van der Waals surface area contributed by atoms with E-state index in [1.165, 1.54) is 6.07 Å². The number of nitrogens with one attached hydrogen (secondary N) is 2. The summed E-state index contributed by atoms with van der Waals surface area (Å²) in [4.78, 5) is 3.66. The summed E-state index contributed by atoms with van der Waals surface area (Å²) >= 11 is 11.5. The zero-order valence-corrected chi connectivity index (χ0v) is 12.7. The van der Waals surface area contributed by atoms with Crippen molar-refractivity contribution < 1.29 is 8.42 Å². The third kappa shape index (κ3) is 2.80. The first-order valence-electron chi connectivity index (χ1n) is 5.73. The summed E-state index contributed by atoms with van der Waals surface area (Å²) in [6.45, 7) is 0. The Balaban J connectivity index is 1.96. The Morgan fingerprint density at radius 1 is 1.14 bits per heavy atom. The predicted molar refractivity (Wildman–Crippen MR) is 81.2 cm³/mol. The van der Waals surface area contributed by atoms with Gasteiger partial charge in [0.2, 0.25) is 0 Å². The minimum Gasteiger partial charge on any atom is -0.280 e. The van der Waals surface area contributed by atoms with Crippen LogP contribution in [0.1, 0.15) is 0 Å². The highest BCUT2D eigenvalue weighted by atomic mass is 35.5. The van der Waals surface area contributed by atoms with Crippen LogP contribution >= 0.6 is 23.2 Å². The molecule has 0 aliphatic carbocycles. The van der Waals surface area contributed by atoms with Crippen LogP contribution in [0.15, 0.2) is 41.6 Å². The van der Waals surface area contributed by atoms with E-state index in [2.05, 4.69) is 19.9 Å². The molecule has 1 aromatic carbocycles. The Bertz CT molecular complexity index is 924. The van der Waals surface area contributed by atoms with Gasteiger partial charge in [-0.3, -0.25) is 9.82 Å². The smallest absolute Gasteiger partial charge is 0.263 e. The van der Waals surface area contributed by atoms with Crippen molar-refractivity contribution in [3.05, 3.63) is 46.8 Å². The van der Waals surface area contributed by atoms with Crippen molar-refractivity contribution in [1.82, 2.24) is 15.2 Å². The van der Waals surface area contributed by atoms with Gasteiger partial charge in [-0.1, -0.05) is 23.2 Å². The molecular formula is C12H8Cl2N4O2S. The highest BCUT2D eigenvalue weighted by Gasteiger charge is 2.16. The lowest BCUT2D eigenvalue weighted by atomic mass is 10.2. The summed E-state index contributed by atoms with van der Waals surface area (Å²) in [7, 11) is -3.79. The van der Waals surface area contributed by atoms with E-state index in [9.17, 15) is 8.42 Å². The number of fused-ring (bicyclic) bond motifs is 1. The Labute approximate surface area is 130 Å². The molecule has 2 aromatic heterocycles. The number of halogens is 2. The second-order valence-electron chi connectivity index (χ2n) is 4.22. The monoisotopic (exact) mass is 342 g/mol. The molecule has 0 bridgehead atoms. The van der Waals surface area contributed by atoms with Crippen LogP contribution in [0.25, 0.3) is 10.9 Å². The Kier molecular flexibility index (Phi) is 3.48. The number of hydrogen-bond acceptors (Lipinski definition) is 4. The molecule has 0 aliphatic heterocycles. The van der Waals surface area contributed by atoms with Gasteiger partial charge in [0.1, 0.15) is 10.0 Å². The van der Waals surface area contributed by atoms with Crippen LogP contribution in [-0.4, -0.2) is 23.6 Å². The van der Waals surface area contributed by atoms with Crippen molar-refractivity contribution in [3.8, 4) is 0 Å². The standard InChI is InChI=1S/C12H8Cl2N4O2S/c13-10-4-9(6-15-12(10)14)21(19,20)18-8-1-2-11-7(3-8)5-16-17-11/h1-6,18H,(H,16,17). The first kappa shape index (κ1) is 14.1. The molecule has 0 amide bonds. The summed E-state index contributed by atoms with van der Waals surface area (Å²) in [5.41, 5.74) is 1.23. The summed E-state index contributed by atoms with van der Waals surface area (Å²) in [5.74, 6) is 0. The van der Waals surface area contributed by atoms with Crippen LogP contribution in [0.2, 0.25) is 10.2 Å². The summed E-state index contributed by atoms with van der Waals surface area (Å²) < 4.78 is 27.0. The SMILES string of the molecule is O=S(=O)(Nc1ccc2[nH]ncc2c1)c1cnc(Cl)c(Cl)c1. The number of anilines is 1. The maximum absolute atomic E-state index is 12.3. The third-order valence-electron chi connectivity index (χ3n) is 2.77. The lowest BCUT2D eigenvalue weighted by Gasteiger charge is -2.08. The van der Waals surface area contributed by atoms with Crippen molar-refractivity contribution >= 4 is 49.8 Å². The predicted octanol–water partition coefficient (Wildman–Crippen LogP) is 3.07. The highest BCUT2D eigenvalue weighted by Crippen LogP contribution is 2.24. The minimum absolute atomic E-state index is 0.0513. The van der Waals surface area contributed by atoms with Crippen molar-refractivity contribution in [3.63, 3.8) is 0 Å². The number of pyridine rings is 1. The van der Waals surface area contributed by atoms with Gasteiger partial charge < -0.3 is 0 Å². The fraction of sp³-hybridized carbons (Fsp3) is 0. The summed E-state index contributed by atoms with van der Waals surface area (Å²) in [5, 5.41) is 7.58. The van der Waals surface area contributed by atoms with E-state index in [0.29, 0.717) is 5.69 Å². The average Bonchev–Trinajstić information content (AvgIpc) is 2.88. The van der Waals surface area contributed by atoms with Gasteiger partial charge in [0.05, 0.1) is 16.7 Å². The van der Waals surface area contributed by atoms with Crippen LogP contribution < -0.4 is 4.72 Å². The zero-order chi connectivity index (χ0) is 15.0. The number of H-pyrrole nitrogens is 1. The number of benzene rings is 1. The van der Waals surface area contributed by atoms with Gasteiger partial charge >= 0.3 is 0 Å². The van der Waals surface area contributed by atoms with Gasteiger partial charge in [-0.25, -0.2) is 13.4 Å². The van der Waals surface area contributed by atoms with E-state index < -0.39 is 10.0 Å². The molecule has 0 unspecified atom stereocenters. The molecule has 0 aliphatic rings. The van der Waals surface area contributed by atoms with E-state index in [1.54, 1.807) is 24.4 Å². The van der Waals surface area contributed by atoms with Crippen LogP contribution in [0.4, 0.5) is 5.69 Å². The molecule has 2 heterocycles.